The van der Waals surface area contributed by atoms with Crippen LogP contribution in [0.5, 0.6) is 5.75 Å². The van der Waals surface area contributed by atoms with E-state index in [0.717, 1.165) is 22.4 Å². The van der Waals surface area contributed by atoms with E-state index >= 15 is 0 Å². The van der Waals surface area contributed by atoms with E-state index in [2.05, 4.69) is 20.3 Å². The molecule has 4 rings (SSSR count). The van der Waals surface area contributed by atoms with Crippen LogP contribution in [0, 0.1) is 5.82 Å². The van der Waals surface area contributed by atoms with Crippen molar-refractivity contribution in [2.45, 2.75) is 13.0 Å². The average Bonchev–Trinajstić information content (AvgIpc) is 2.62. The lowest BCUT2D eigenvalue weighted by Crippen LogP contribution is -2.15. The lowest BCUT2D eigenvalue weighted by molar-refractivity contribution is -0.0172. The molecule has 1 aromatic carbocycles. The summed E-state index contributed by atoms with van der Waals surface area (Å²) >= 11 is 0. The second kappa shape index (κ2) is 6.37. The third-order valence-corrected chi connectivity index (χ3v) is 3.83. The van der Waals surface area contributed by atoms with E-state index in [0.29, 0.717) is 30.9 Å². The number of nitrogens with zero attached hydrogens (tertiary/aromatic N) is 3. The first-order valence-corrected chi connectivity index (χ1v) is 7.63. The van der Waals surface area contributed by atoms with Gasteiger partial charge in [-0.25, -0.2) is 14.4 Å². The predicted molar refractivity (Wildman–Crippen MR) is 86.2 cm³/mol. The van der Waals surface area contributed by atoms with Crippen molar-refractivity contribution >= 4 is 16.9 Å². The van der Waals surface area contributed by atoms with Gasteiger partial charge in [0.2, 0.25) is 0 Å². The van der Waals surface area contributed by atoms with Gasteiger partial charge in [-0.05, 0) is 30.2 Å². The number of hydrogen-bond donors (Lipinski definition) is 1. The largest absolute Gasteiger partial charge is 0.467 e. The van der Waals surface area contributed by atoms with E-state index in [-0.39, 0.29) is 12.6 Å². The molecule has 6 nitrogen and oxygen atoms in total. The standard InChI is InChI=1S/C17H15FN4O2/c18-13-7-11(16-12(8-13)9-23-10-24-16)1-3-21-17-15-14(2-4-22-17)19-5-6-20-15/h2,4-8H,1,3,9-10H2,(H,21,22). The molecule has 0 atom stereocenters. The minimum Gasteiger partial charge on any atom is -0.467 e. The van der Waals surface area contributed by atoms with Crippen molar-refractivity contribution < 1.29 is 13.9 Å². The fourth-order valence-corrected chi connectivity index (χ4v) is 2.78. The molecule has 0 spiro atoms. The molecule has 0 bridgehead atoms. The van der Waals surface area contributed by atoms with Crippen LogP contribution in [-0.2, 0) is 17.8 Å². The molecule has 3 heterocycles. The van der Waals surface area contributed by atoms with Gasteiger partial charge in [0, 0.05) is 30.7 Å². The number of anilines is 1. The van der Waals surface area contributed by atoms with Crippen LogP contribution in [0.4, 0.5) is 10.2 Å². The maximum absolute atomic E-state index is 13.8. The molecule has 0 radical (unpaired) electrons. The normalized spacial score (nSPS) is 13.4. The zero-order chi connectivity index (χ0) is 16.4. The molecule has 2 aromatic heterocycles. The number of pyridine rings is 1. The number of halogens is 1. The van der Waals surface area contributed by atoms with Crippen molar-refractivity contribution in [3.63, 3.8) is 0 Å². The van der Waals surface area contributed by atoms with Crippen LogP contribution >= 0.6 is 0 Å². The van der Waals surface area contributed by atoms with Gasteiger partial charge in [0.25, 0.3) is 0 Å². The summed E-state index contributed by atoms with van der Waals surface area (Å²) in [7, 11) is 0. The van der Waals surface area contributed by atoms with Crippen LogP contribution in [0.1, 0.15) is 11.1 Å². The summed E-state index contributed by atoms with van der Waals surface area (Å²) in [5.41, 5.74) is 3.04. The second-order valence-corrected chi connectivity index (χ2v) is 5.42. The molecule has 1 N–H and O–H groups in total. The number of aromatic nitrogens is 3. The van der Waals surface area contributed by atoms with E-state index in [1.165, 1.54) is 12.1 Å². The molecule has 122 valence electrons. The molecule has 0 saturated carbocycles. The summed E-state index contributed by atoms with van der Waals surface area (Å²) < 4.78 is 24.5. The Morgan fingerprint density at radius 1 is 1.12 bits per heavy atom. The zero-order valence-electron chi connectivity index (χ0n) is 12.8. The molecule has 3 aromatic rings. The first-order chi connectivity index (χ1) is 11.8. The lowest BCUT2D eigenvalue weighted by atomic mass is 10.1. The molecule has 0 aliphatic carbocycles. The van der Waals surface area contributed by atoms with E-state index in [1.54, 1.807) is 18.6 Å². The smallest absolute Gasteiger partial charge is 0.189 e. The first kappa shape index (κ1) is 14.8. The second-order valence-electron chi connectivity index (χ2n) is 5.42. The molecular formula is C17H15FN4O2. The van der Waals surface area contributed by atoms with Crippen molar-refractivity contribution in [2.75, 3.05) is 18.7 Å². The lowest BCUT2D eigenvalue weighted by Gasteiger charge is -2.21. The first-order valence-electron chi connectivity index (χ1n) is 7.63. The number of rotatable bonds is 4. The van der Waals surface area contributed by atoms with E-state index in [4.69, 9.17) is 9.47 Å². The maximum Gasteiger partial charge on any atom is 0.189 e. The molecule has 0 saturated heterocycles. The highest BCUT2D eigenvalue weighted by atomic mass is 19.1. The topological polar surface area (TPSA) is 69.2 Å². The summed E-state index contributed by atoms with van der Waals surface area (Å²) in [4.78, 5) is 12.9. The Balaban J connectivity index is 1.52. The Morgan fingerprint density at radius 3 is 3.00 bits per heavy atom. The van der Waals surface area contributed by atoms with Crippen LogP contribution in [-0.4, -0.2) is 28.3 Å². The van der Waals surface area contributed by atoms with Gasteiger partial charge < -0.3 is 14.8 Å². The minimum atomic E-state index is -0.285. The third-order valence-electron chi connectivity index (χ3n) is 3.83. The van der Waals surface area contributed by atoms with Gasteiger partial charge in [0.05, 0.1) is 12.1 Å². The summed E-state index contributed by atoms with van der Waals surface area (Å²) in [6.07, 6.45) is 5.55. The van der Waals surface area contributed by atoms with Gasteiger partial charge in [-0.2, -0.15) is 0 Å². The average molecular weight is 326 g/mol. The van der Waals surface area contributed by atoms with Gasteiger partial charge in [-0.1, -0.05) is 0 Å². The third kappa shape index (κ3) is 2.85. The van der Waals surface area contributed by atoms with Crippen LogP contribution in [0.2, 0.25) is 0 Å². The van der Waals surface area contributed by atoms with Crippen molar-refractivity contribution in [1.82, 2.24) is 15.0 Å². The number of nitrogens with one attached hydrogen (secondary N) is 1. The van der Waals surface area contributed by atoms with Crippen LogP contribution in [0.25, 0.3) is 11.0 Å². The Kier molecular flexibility index (Phi) is 3.92. The van der Waals surface area contributed by atoms with Gasteiger partial charge in [-0.15, -0.1) is 0 Å². The summed E-state index contributed by atoms with van der Waals surface area (Å²) in [5.74, 6) is 1.09. The number of hydrogen-bond acceptors (Lipinski definition) is 6. The quantitative estimate of drug-likeness (QED) is 0.795. The van der Waals surface area contributed by atoms with Gasteiger partial charge >= 0.3 is 0 Å². The maximum atomic E-state index is 13.8. The van der Waals surface area contributed by atoms with E-state index in [1.807, 2.05) is 6.07 Å². The van der Waals surface area contributed by atoms with Crippen molar-refractivity contribution in [2.24, 2.45) is 0 Å². The molecule has 7 heteroatoms. The summed E-state index contributed by atoms with van der Waals surface area (Å²) in [5, 5.41) is 3.24. The highest BCUT2D eigenvalue weighted by molar-refractivity contribution is 5.84. The molecule has 1 aliphatic rings. The van der Waals surface area contributed by atoms with E-state index in [9.17, 15) is 4.39 Å². The molecular weight excluding hydrogens is 311 g/mol. The predicted octanol–water partition coefficient (Wildman–Crippen LogP) is 2.69. The Bertz CT molecular complexity index is 882. The Labute approximate surface area is 137 Å². The highest BCUT2D eigenvalue weighted by Crippen LogP contribution is 2.29. The molecule has 1 aliphatic heterocycles. The molecule has 24 heavy (non-hydrogen) atoms. The zero-order valence-corrected chi connectivity index (χ0v) is 12.8. The highest BCUT2D eigenvalue weighted by Gasteiger charge is 2.16. The molecule has 0 amide bonds. The fraction of sp³-hybridized carbons (Fsp3) is 0.235. The SMILES string of the molecule is Fc1cc(CCNc2nccc3nccnc23)c2c(c1)COCO2. The summed E-state index contributed by atoms with van der Waals surface area (Å²) in [6, 6.07) is 4.76. The van der Waals surface area contributed by atoms with Gasteiger partial charge in [-0.3, -0.25) is 4.98 Å². The number of benzene rings is 1. The minimum absolute atomic E-state index is 0.194. The van der Waals surface area contributed by atoms with Crippen LogP contribution < -0.4 is 10.1 Å². The van der Waals surface area contributed by atoms with E-state index < -0.39 is 0 Å². The monoisotopic (exact) mass is 326 g/mol. The van der Waals surface area contributed by atoms with Crippen molar-refractivity contribution in [1.29, 1.82) is 0 Å². The molecule has 0 fully saturated rings. The Morgan fingerprint density at radius 2 is 2.04 bits per heavy atom. The number of fused-ring (bicyclic) bond motifs is 2. The van der Waals surface area contributed by atoms with Gasteiger partial charge in [0.1, 0.15) is 17.1 Å². The van der Waals surface area contributed by atoms with Crippen LogP contribution in [0.15, 0.2) is 36.8 Å². The number of ether oxygens (including phenoxy) is 2. The van der Waals surface area contributed by atoms with Crippen molar-refractivity contribution in [3.8, 4) is 5.75 Å². The fourth-order valence-electron chi connectivity index (χ4n) is 2.78. The van der Waals surface area contributed by atoms with Gasteiger partial charge in [0.15, 0.2) is 12.6 Å². The Hall–Kier alpha value is -2.80. The van der Waals surface area contributed by atoms with Crippen LogP contribution in [0.3, 0.4) is 0 Å². The summed E-state index contributed by atoms with van der Waals surface area (Å²) in [6.45, 7) is 1.14. The molecule has 0 unspecified atom stereocenters. The van der Waals surface area contributed by atoms with Crippen molar-refractivity contribution in [3.05, 3.63) is 53.7 Å².